The van der Waals surface area contributed by atoms with Crippen LogP contribution >= 0.6 is 0 Å². The number of hydrogen-bond acceptors (Lipinski definition) is 4. The molecule has 2 N–H and O–H groups in total. The summed E-state index contributed by atoms with van der Waals surface area (Å²) in [6.07, 6.45) is 2.14. The highest BCUT2D eigenvalue weighted by atomic mass is 16.5. The van der Waals surface area contributed by atoms with Gasteiger partial charge in [0, 0.05) is 19.7 Å². The fourth-order valence-corrected chi connectivity index (χ4v) is 1.92. The van der Waals surface area contributed by atoms with Crippen LogP contribution in [0.2, 0.25) is 0 Å². The topological polar surface area (TPSA) is 64.8 Å². The first-order valence-corrected chi connectivity index (χ1v) is 6.48. The van der Waals surface area contributed by atoms with Gasteiger partial charge in [-0.25, -0.2) is 0 Å². The molecule has 104 valence electrons. The lowest BCUT2D eigenvalue weighted by molar-refractivity contribution is -0.134. The molecule has 5 nitrogen and oxygen atoms in total. The average molecular weight is 264 g/mol. The summed E-state index contributed by atoms with van der Waals surface area (Å²) in [5, 5.41) is 0. The summed E-state index contributed by atoms with van der Waals surface area (Å²) < 4.78 is 10.5. The highest BCUT2D eigenvalue weighted by Crippen LogP contribution is 2.27. The third kappa shape index (κ3) is 3.86. The van der Waals surface area contributed by atoms with E-state index >= 15 is 0 Å². The van der Waals surface area contributed by atoms with Crippen molar-refractivity contribution in [3.63, 3.8) is 0 Å². The third-order valence-electron chi connectivity index (χ3n) is 3.11. The van der Waals surface area contributed by atoms with Crippen LogP contribution in [0.1, 0.15) is 12.8 Å². The molecule has 1 fully saturated rings. The number of rotatable bonds is 7. The zero-order valence-electron chi connectivity index (χ0n) is 11.2. The van der Waals surface area contributed by atoms with E-state index in [2.05, 4.69) is 0 Å². The van der Waals surface area contributed by atoms with E-state index in [9.17, 15) is 4.79 Å². The van der Waals surface area contributed by atoms with Crippen LogP contribution in [-0.4, -0.2) is 43.7 Å². The van der Waals surface area contributed by atoms with Crippen molar-refractivity contribution < 1.29 is 14.3 Å². The molecule has 1 saturated carbocycles. The molecule has 0 atom stereocenters. The van der Waals surface area contributed by atoms with Crippen molar-refractivity contribution in [3.8, 4) is 5.75 Å². The van der Waals surface area contributed by atoms with Gasteiger partial charge in [-0.1, -0.05) is 12.1 Å². The number of methoxy groups -OCH3 is 1. The van der Waals surface area contributed by atoms with Gasteiger partial charge in [-0.3, -0.25) is 4.79 Å². The Bertz CT molecular complexity index is 432. The Labute approximate surface area is 113 Å². The Morgan fingerprint density at radius 3 is 2.79 bits per heavy atom. The maximum Gasteiger partial charge on any atom is 0.260 e. The lowest BCUT2D eigenvalue weighted by atomic mass is 10.3. The summed E-state index contributed by atoms with van der Waals surface area (Å²) >= 11 is 0. The summed E-state index contributed by atoms with van der Waals surface area (Å²) in [5.74, 6) is 0.543. The van der Waals surface area contributed by atoms with Crippen molar-refractivity contribution in [2.75, 3.05) is 32.6 Å². The van der Waals surface area contributed by atoms with Crippen molar-refractivity contribution in [1.82, 2.24) is 4.90 Å². The number of amides is 1. The summed E-state index contributed by atoms with van der Waals surface area (Å²) in [5.41, 5.74) is 6.31. The normalized spacial score (nSPS) is 14.2. The van der Waals surface area contributed by atoms with Crippen LogP contribution in [0, 0.1) is 0 Å². The van der Waals surface area contributed by atoms with Crippen LogP contribution in [-0.2, 0) is 9.53 Å². The standard InChI is InChI=1S/C14H20N2O3/c1-18-9-8-16(11-6-7-11)14(17)10-19-13-5-3-2-4-12(13)15/h2-5,11H,6-10,15H2,1H3. The van der Waals surface area contributed by atoms with Crippen molar-refractivity contribution in [2.45, 2.75) is 18.9 Å². The van der Waals surface area contributed by atoms with E-state index in [1.807, 2.05) is 17.0 Å². The minimum Gasteiger partial charge on any atom is -0.482 e. The Hall–Kier alpha value is -1.75. The number of carbonyl (C=O) groups is 1. The van der Waals surface area contributed by atoms with Crippen LogP contribution < -0.4 is 10.5 Å². The lowest BCUT2D eigenvalue weighted by Crippen LogP contribution is -2.39. The van der Waals surface area contributed by atoms with Crippen molar-refractivity contribution in [3.05, 3.63) is 24.3 Å². The van der Waals surface area contributed by atoms with Crippen LogP contribution in [0.25, 0.3) is 0 Å². The lowest BCUT2D eigenvalue weighted by Gasteiger charge is -2.22. The molecule has 0 radical (unpaired) electrons. The molecule has 1 aliphatic rings. The number of benzene rings is 1. The van der Waals surface area contributed by atoms with Crippen LogP contribution in [0.5, 0.6) is 5.75 Å². The van der Waals surface area contributed by atoms with Gasteiger partial charge in [-0.15, -0.1) is 0 Å². The van der Waals surface area contributed by atoms with Gasteiger partial charge in [0.2, 0.25) is 0 Å². The minimum atomic E-state index is -0.0113. The number of ether oxygens (including phenoxy) is 2. The van der Waals surface area contributed by atoms with Gasteiger partial charge in [-0.2, -0.15) is 0 Å². The number of anilines is 1. The largest absolute Gasteiger partial charge is 0.482 e. The molecule has 19 heavy (non-hydrogen) atoms. The SMILES string of the molecule is COCCN(C(=O)COc1ccccc1N)C1CC1. The number of hydrogen-bond donors (Lipinski definition) is 1. The average Bonchev–Trinajstić information content (AvgIpc) is 3.23. The third-order valence-corrected chi connectivity index (χ3v) is 3.11. The Morgan fingerprint density at radius 2 is 2.16 bits per heavy atom. The molecule has 2 rings (SSSR count). The number of nitrogens with zero attached hydrogens (tertiary/aromatic N) is 1. The van der Waals surface area contributed by atoms with Crippen LogP contribution in [0.4, 0.5) is 5.69 Å². The summed E-state index contributed by atoms with van der Waals surface area (Å²) in [6.45, 7) is 1.19. The zero-order chi connectivity index (χ0) is 13.7. The molecule has 5 heteroatoms. The van der Waals surface area contributed by atoms with E-state index in [-0.39, 0.29) is 12.5 Å². The maximum atomic E-state index is 12.1. The maximum absolute atomic E-state index is 12.1. The van der Waals surface area contributed by atoms with E-state index in [1.54, 1.807) is 19.2 Å². The highest BCUT2D eigenvalue weighted by Gasteiger charge is 2.32. The first-order chi connectivity index (χ1) is 9.22. The molecule has 0 unspecified atom stereocenters. The fourth-order valence-electron chi connectivity index (χ4n) is 1.92. The highest BCUT2D eigenvalue weighted by molar-refractivity contribution is 5.78. The molecule has 0 aliphatic heterocycles. The van der Waals surface area contributed by atoms with Gasteiger partial charge in [0.05, 0.1) is 12.3 Å². The molecule has 1 aromatic carbocycles. The molecule has 1 aromatic rings. The predicted octanol–water partition coefficient (Wildman–Crippen LogP) is 1.28. The first kappa shape index (κ1) is 13.7. The summed E-state index contributed by atoms with van der Waals surface area (Å²) in [7, 11) is 1.64. The molecule has 0 heterocycles. The van der Waals surface area contributed by atoms with Crippen LogP contribution in [0.15, 0.2) is 24.3 Å². The van der Waals surface area contributed by atoms with Crippen LogP contribution in [0.3, 0.4) is 0 Å². The molecule has 1 amide bonds. The number of nitrogens with two attached hydrogens (primary N) is 1. The van der Waals surface area contributed by atoms with Gasteiger partial charge in [0.25, 0.3) is 5.91 Å². The molecule has 1 aliphatic carbocycles. The summed E-state index contributed by atoms with van der Waals surface area (Å²) in [4.78, 5) is 14.0. The summed E-state index contributed by atoms with van der Waals surface area (Å²) in [6, 6.07) is 7.54. The molecule has 0 spiro atoms. The monoisotopic (exact) mass is 264 g/mol. The minimum absolute atomic E-state index is 0.0113. The quantitative estimate of drug-likeness (QED) is 0.754. The van der Waals surface area contributed by atoms with E-state index in [0.29, 0.717) is 30.6 Å². The smallest absolute Gasteiger partial charge is 0.260 e. The van der Waals surface area contributed by atoms with Gasteiger partial charge in [0.1, 0.15) is 5.75 Å². The van der Waals surface area contributed by atoms with E-state index in [0.717, 1.165) is 12.8 Å². The van der Waals surface area contributed by atoms with Gasteiger partial charge in [0.15, 0.2) is 6.61 Å². The number of carbonyl (C=O) groups excluding carboxylic acids is 1. The Morgan fingerprint density at radius 1 is 1.42 bits per heavy atom. The number of para-hydroxylation sites is 2. The Balaban J connectivity index is 1.87. The molecular formula is C14H20N2O3. The second-order valence-electron chi connectivity index (χ2n) is 4.64. The molecule has 0 saturated heterocycles. The van der Waals surface area contributed by atoms with E-state index < -0.39 is 0 Å². The van der Waals surface area contributed by atoms with E-state index in [1.165, 1.54) is 0 Å². The first-order valence-electron chi connectivity index (χ1n) is 6.48. The predicted molar refractivity (Wildman–Crippen MR) is 73.0 cm³/mol. The van der Waals surface area contributed by atoms with E-state index in [4.69, 9.17) is 15.2 Å². The van der Waals surface area contributed by atoms with Crippen molar-refractivity contribution >= 4 is 11.6 Å². The second kappa shape index (κ2) is 6.43. The zero-order valence-corrected chi connectivity index (χ0v) is 11.2. The molecule has 0 bridgehead atoms. The molecule has 0 aromatic heterocycles. The van der Waals surface area contributed by atoms with Gasteiger partial charge < -0.3 is 20.1 Å². The van der Waals surface area contributed by atoms with Gasteiger partial charge in [-0.05, 0) is 25.0 Å². The number of nitrogen functional groups attached to an aromatic ring is 1. The molecular weight excluding hydrogens is 244 g/mol. The van der Waals surface area contributed by atoms with Crippen molar-refractivity contribution in [1.29, 1.82) is 0 Å². The van der Waals surface area contributed by atoms with Crippen molar-refractivity contribution in [2.24, 2.45) is 0 Å². The Kier molecular flexibility index (Phi) is 4.63. The second-order valence-corrected chi connectivity index (χ2v) is 4.64. The fraction of sp³-hybridized carbons (Fsp3) is 0.500. The van der Waals surface area contributed by atoms with Gasteiger partial charge >= 0.3 is 0 Å².